The number of aromatic nitrogens is 2. The van der Waals surface area contributed by atoms with Gasteiger partial charge in [0.1, 0.15) is 23.9 Å². The number of halogens is 1. The van der Waals surface area contributed by atoms with Crippen LogP contribution in [0.15, 0.2) is 72.3 Å². The van der Waals surface area contributed by atoms with E-state index < -0.39 is 79.9 Å². The van der Waals surface area contributed by atoms with Crippen LogP contribution < -0.4 is 19.4 Å². The third-order valence-corrected chi connectivity index (χ3v) is 14.8. The minimum Gasteiger partial charge on any atom is -0.491 e. The maximum absolute atomic E-state index is 15.3. The second-order valence-corrected chi connectivity index (χ2v) is 18.2. The molecule has 2 saturated heterocycles. The molecule has 4 heterocycles. The molecule has 9 rings (SSSR count). The summed E-state index contributed by atoms with van der Waals surface area (Å²) in [6, 6.07) is 16.3. The van der Waals surface area contributed by atoms with Crippen molar-refractivity contribution in [3.05, 3.63) is 109 Å². The molecule has 3 aromatic carbocycles. The smallest absolute Gasteiger partial charge is 0.301 e. The van der Waals surface area contributed by atoms with Crippen LogP contribution in [0.2, 0.25) is 5.02 Å². The van der Waals surface area contributed by atoms with Gasteiger partial charge in [-0.25, -0.2) is 9.80 Å². The van der Waals surface area contributed by atoms with E-state index in [1.54, 1.807) is 44.3 Å². The first-order valence-corrected chi connectivity index (χ1v) is 21.3. The number of rotatable bonds is 10. The minimum absolute atomic E-state index is 0.00560. The number of nitrogens with zero attached hydrogens (tertiary/aromatic N) is 7. The third kappa shape index (κ3) is 6.17. The largest absolute Gasteiger partial charge is 0.491 e. The van der Waals surface area contributed by atoms with Crippen molar-refractivity contribution in [2.24, 2.45) is 36.1 Å². The summed E-state index contributed by atoms with van der Waals surface area (Å²) in [6.07, 6.45) is 1.88. The van der Waals surface area contributed by atoms with E-state index in [1.165, 1.54) is 39.9 Å². The number of nitro groups is 2. The Labute approximate surface area is 368 Å². The van der Waals surface area contributed by atoms with Gasteiger partial charge in [-0.15, -0.1) is 11.3 Å². The van der Waals surface area contributed by atoms with Crippen molar-refractivity contribution in [1.82, 2.24) is 9.78 Å². The monoisotopic (exact) mass is 893 g/mol. The van der Waals surface area contributed by atoms with Crippen LogP contribution >= 0.6 is 22.9 Å². The summed E-state index contributed by atoms with van der Waals surface area (Å²) in [4.78, 5) is 86.6. The van der Waals surface area contributed by atoms with Gasteiger partial charge in [0, 0.05) is 60.5 Å². The number of allylic oxidation sites excluding steroid dienone is 2. The normalized spacial score (nSPS) is 24.1. The topological polar surface area (TPSA) is 212 Å². The molecule has 5 aromatic rings. The molecule has 63 heavy (non-hydrogen) atoms. The zero-order chi connectivity index (χ0) is 45.0. The Kier molecular flexibility index (Phi) is 10.0. The summed E-state index contributed by atoms with van der Waals surface area (Å²) in [5, 5.41) is 40.6. The molecule has 4 amide bonds. The highest BCUT2D eigenvalue weighted by molar-refractivity contribution is 7.22. The van der Waals surface area contributed by atoms with Gasteiger partial charge in [0.2, 0.25) is 23.6 Å². The van der Waals surface area contributed by atoms with Crippen molar-refractivity contribution in [1.29, 1.82) is 0 Å². The number of benzene rings is 3. The fourth-order valence-electron chi connectivity index (χ4n) is 10.5. The molecular weight excluding hydrogens is 854 g/mol. The van der Waals surface area contributed by atoms with Gasteiger partial charge in [0.05, 0.1) is 50.2 Å². The van der Waals surface area contributed by atoms with E-state index >= 15 is 9.59 Å². The van der Waals surface area contributed by atoms with Gasteiger partial charge in [-0.05, 0) is 67.8 Å². The van der Waals surface area contributed by atoms with Gasteiger partial charge in [-0.1, -0.05) is 41.4 Å². The summed E-state index contributed by atoms with van der Waals surface area (Å²) in [5.74, 6) is -6.53. The third-order valence-electron chi connectivity index (χ3n) is 13.2. The fraction of sp³-hybridized carbons (Fsp3) is 0.341. The number of amides is 4. The van der Waals surface area contributed by atoms with Crippen molar-refractivity contribution in [2.45, 2.75) is 32.6 Å². The number of carbonyl (C=O) groups is 4. The zero-order valence-electron chi connectivity index (χ0n) is 34.6. The first kappa shape index (κ1) is 41.8. The van der Waals surface area contributed by atoms with Crippen LogP contribution in [0.1, 0.15) is 36.8 Å². The highest BCUT2D eigenvalue weighted by Gasteiger charge is 2.68. The lowest BCUT2D eigenvalue weighted by Crippen LogP contribution is -2.49. The molecule has 0 spiro atoms. The van der Waals surface area contributed by atoms with E-state index in [4.69, 9.17) is 21.4 Å². The van der Waals surface area contributed by atoms with E-state index in [0.717, 1.165) is 37.6 Å². The van der Waals surface area contributed by atoms with Crippen LogP contribution in [0.3, 0.4) is 0 Å². The number of nitro benzene ring substituents is 2. The molecular formula is C44H40ClN7O10S. The number of aryl methyl sites for hydroxylation is 2. The van der Waals surface area contributed by atoms with Crippen molar-refractivity contribution in [2.75, 3.05) is 42.0 Å². The zero-order valence-corrected chi connectivity index (χ0v) is 36.2. The molecule has 324 valence electrons. The molecule has 1 saturated carbocycles. The van der Waals surface area contributed by atoms with Crippen molar-refractivity contribution in [3.8, 4) is 16.3 Å². The minimum atomic E-state index is -1.45. The molecule has 6 unspecified atom stereocenters. The lowest BCUT2D eigenvalue weighted by atomic mass is 9.51. The average molecular weight is 894 g/mol. The second-order valence-electron chi connectivity index (χ2n) is 16.7. The number of para-hydroxylation sites is 1. The Morgan fingerprint density at radius 3 is 2.33 bits per heavy atom. The van der Waals surface area contributed by atoms with Gasteiger partial charge in [-0.3, -0.25) is 44.1 Å². The van der Waals surface area contributed by atoms with Crippen molar-refractivity contribution in [3.63, 3.8) is 0 Å². The van der Waals surface area contributed by atoms with Gasteiger partial charge in [-0.2, -0.15) is 5.10 Å². The number of fused-ring (bicyclic) bond motifs is 5. The second kappa shape index (κ2) is 15.1. The van der Waals surface area contributed by atoms with E-state index in [9.17, 15) is 34.9 Å². The van der Waals surface area contributed by atoms with Crippen LogP contribution in [-0.4, -0.2) is 75.7 Å². The number of hydrogen-bond donors (Lipinski definition) is 1. The summed E-state index contributed by atoms with van der Waals surface area (Å²) < 4.78 is 8.52. The van der Waals surface area contributed by atoms with Crippen LogP contribution in [0.5, 0.6) is 5.75 Å². The summed E-state index contributed by atoms with van der Waals surface area (Å²) in [6.45, 7) is 3.34. The number of imide groups is 2. The first-order valence-electron chi connectivity index (χ1n) is 20.1. The van der Waals surface area contributed by atoms with Gasteiger partial charge < -0.3 is 14.7 Å². The number of carbonyl (C=O) groups excluding carboxylic acids is 4. The van der Waals surface area contributed by atoms with Crippen LogP contribution in [0, 0.1) is 56.2 Å². The Balaban J connectivity index is 1.16. The molecule has 2 aliphatic carbocycles. The lowest BCUT2D eigenvalue weighted by Gasteiger charge is -2.49. The summed E-state index contributed by atoms with van der Waals surface area (Å²) >= 11 is 7.84. The Morgan fingerprint density at radius 1 is 0.968 bits per heavy atom. The Hall–Kier alpha value is -6.50. The quantitative estimate of drug-likeness (QED) is 0.0653. The summed E-state index contributed by atoms with van der Waals surface area (Å²) in [7, 11) is 4.48. The van der Waals surface area contributed by atoms with Gasteiger partial charge >= 0.3 is 11.4 Å². The van der Waals surface area contributed by atoms with Crippen molar-refractivity contribution < 1.29 is 38.9 Å². The molecule has 3 fully saturated rings. The molecule has 6 atom stereocenters. The maximum Gasteiger partial charge on any atom is 0.301 e. The summed E-state index contributed by atoms with van der Waals surface area (Å²) in [5.41, 5.74) is -0.708. The molecule has 2 aromatic heterocycles. The Morgan fingerprint density at radius 2 is 1.67 bits per heavy atom. The molecule has 17 nitrogen and oxygen atoms in total. The number of aliphatic hydroxyl groups excluding tert-OH is 1. The number of thiophene rings is 1. The highest BCUT2D eigenvalue weighted by Crippen LogP contribution is 2.65. The molecule has 4 aliphatic rings. The van der Waals surface area contributed by atoms with Crippen LogP contribution in [0.4, 0.5) is 28.6 Å². The van der Waals surface area contributed by atoms with Gasteiger partial charge in [0.25, 0.3) is 0 Å². The SMILES string of the molecule is Cc1c(-c2cc(N3C(=O)C4CC5C(=CCC6C(=O)N(c7cc([N+](=O)[O-])c(N(C)C)c([N+](=O)[O-])c7)C(=O)C65)C(c5ccccc5OCCO)C4(C)C3=O)n(C)n2)sc2ccc(Cl)cc12. The molecule has 1 N–H and O–H groups in total. The lowest BCUT2D eigenvalue weighted by molar-refractivity contribution is -0.392. The van der Waals surface area contributed by atoms with E-state index in [-0.39, 0.29) is 43.2 Å². The Bertz CT molecular complexity index is 2850. The van der Waals surface area contributed by atoms with E-state index in [0.29, 0.717) is 27.6 Å². The predicted octanol–water partition coefficient (Wildman–Crippen LogP) is 6.95. The number of ether oxygens (including phenoxy) is 1. The van der Waals surface area contributed by atoms with Gasteiger partial charge in [0.15, 0.2) is 5.69 Å². The van der Waals surface area contributed by atoms with Crippen molar-refractivity contribution >= 4 is 85.2 Å². The van der Waals surface area contributed by atoms with Crippen LogP contribution in [-0.2, 0) is 26.2 Å². The number of hydrogen-bond acceptors (Lipinski definition) is 13. The standard InChI is InChI=1S/C44H40ClN7O10S/c1-21-27-16-22(45)10-13-34(27)63-39(21)30-20-35(48(5)46-30)50-41(55)29-19-28-24(37(44(29,2)43(50)57)25-8-6-7-9-33(25)62-15-14-53)11-12-26-36(28)42(56)49(40(26)54)23-17-31(51(58)59)38(47(3)4)32(18-23)52(60)61/h6-11,13,16-18,20,26,28-29,36-37,53H,12,14-15,19H2,1-5H3. The maximum atomic E-state index is 15.3. The molecule has 2 aliphatic heterocycles. The highest BCUT2D eigenvalue weighted by atomic mass is 35.5. The fourth-order valence-corrected chi connectivity index (χ4v) is 11.8. The van der Waals surface area contributed by atoms with E-state index in [1.807, 2.05) is 31.2 Å². The molecule has 0 radical (unpaired) electrons. The molecule has 19 heteroatoms. The average Bonchev–Trinajstić information content (AvgIpc) is 3.92. The number of aliphatic hydroxyl groups is 1. The van der Waals surface area contributed by atoms with E-state index in [2.05, 4.69) is 0 Å². The predicted molar refractivity (Wildman–Crippen MR) is 234 cm³/mol. The van der Waals surface area contributed by atoms with Crippen LogP contribution in [0.25, 0.3) is 20.7 Å². The first-order chi connectivity index (χ1) is 30.0. The number of anilines is 3. The molecule has 0 bridgehead atoms.